The molecule has 0 N–H and O–H groups in total. The zero-order chi connectivity index (χ0) is 17.7. The van der Waals surface area contributed by atoms with E-state index in [1.54, 1.807) is 18.5 Å². The average Bonchev–Trinajstić information content (AvgIpc) is 2.64. The molecule has 0 aliphatic carbocycles. The topological polar surface area (TPSA) is 75.6 Å². The van der Waals surface area contributed by atoms with Crippen LogP contribution in [0.3, 0.4) is 0 Å². The molecule has 0 unspecified atom stereocenters. The molecular weight excluding hydrogens is 347 g/mol. The number of halogens is 1. The third kappa shape index (κ3) is 4.64. The second kappa shape index (κ2) is 7.75. The van der Waals surface area contributed by atoms with Gasteiger partial charge in [0.2, 0.25) is 16.0 Å². The molecule has 0 amide bonds. The van der Waals surface area contributed by atoms with Crippen LogP contribution in [0.4, 0.5) is 10.3 Å². The monoisotopic (exact) mass is 366 g/mol. The molecule has 134 valence electrons. The lowest BCUT2D eigenvalue weighted by atomic mass is 10.3. The summed E-state index contributed by atoms with van der Waals surface area (Å²) >= 11 is 0. The fraction of sp³-hybridized carbons (Fsp3) is 0.375. The van der Waals surface area contributed by atoms with E-state index in [9.17, 15) is 12.8 Å². The summed E-state index contributed by atoms with van der Waals surface area (Å²) in [5.41, 5.74) is 0. The third-order valence-corrected chi connectivity index (χ3v) is 5.73. The maximum atomic E-state index is 12.8. The maximum absolute atomic E-state index is 12.8. The molecule has 2 heterocycles. The molecule has 9 heteroatoms. The fourth-order valence-electron chi connectivity index (χ4n) is 2.55. The van der Waals surface area contributed by atoms with Gasteiger partial charge in [0.05, 0.1) is 5.75 Å². The van der Waals surface area contributed by atoms with Gasteiger partial charge in [-0.15, -0.1) is 0 Å². The van der Waals surface area contributed by atoms with Gasteiger partial charge in [-0.3, -0.25) is 0 Å². The lowest BCUT2D eigenvalue weighted by Crippen LogP contribution is -2.50. The van der Waals surface area contributed by atoms with Crippen LogP contribution >= 0.6 is 0 Å². The molecule has 0 bridgehead atoms. The average molecular weight is 366 g/mol. The highest BCUT2D eigenvalue weighted by Gasteiger charge is 2.27. The first-order valence-electron chi connectivity index (χ1n) is 7.93. The molecule has 1 aliphatic heterocycles. The predicted octanol–water partition coefficient (Wildman–Crippen LogP) is 1.15. The first kappa shape index (κ1) is 17.6. The van der Waals surface area contributed by atoms with Gasteiger partial charge < -0.3 is 9.64 Å². The van der Waals surface area contributed by atoms with Crippen molar-refractivity contribution in [3.63, 3.8) is 0 Å². The first-order valence-corrected chi connectivity index (χ1v) is 9.54. The summed E-state index contributed by atoms with van der Waals surface area (Å²) in [6, 6.07) is 7.23. The second-order valence-electron chi connectivity index (χ2n) is 5.55. The van der Waals surface area contributed by atoms with Crippen LogP contribution in [0.25, 0.3) is 0 Å². The van der Waals surface area contributed by atoms with Gasteiger partial charge in [-0.05, 0) is 30.3 Å². The van der Waals surface area contributed by atoms with Gasteiger partial charge in [-0.1, -0.05) is 0 Å². The molecule has 7 nitrogen and oxygen atoms in total. The Kier molecular flexibility index (Phi) is 5.44. The highest BCUT2D eigenvalue weighted by atomic mass is 32.2. The standard InChI is InChI=1S/C16H19FN4O3S/c17-14-2-4-15(5-3-14)24-12-13-25(22,23)21-10-8-20(9-11-21)16-18-6-1-7-19-16/h1-7H,8-13H2. The molecule has 1 aromatic heterocycles. The van der Waals surface area contributed by atoms with Crippen LogP contribution in [0.15, 0.2) is 42.7 Å². The van der Waals surface area contributed by atoms with Crippen molar-refractivity contribution < 1.29 is 17.5 Å². The minimum absolute atomic E-state index is 0.0238. The summed E-state index contributed by atoms with van der Waals surface area (Å²) in [7, 11) is -3.40. The van der Waals surface area contributed by atoms with E-state index in [1.165, 1.54) is 28.6 Å². The molecular formula is C16H19FN4O3S. The van der Waals surface area contributed by atoms with Crippen molar-refractivity contribution in [2.75, 3.05) is 43.4 Å². The third-order valence-electron chi connectivity index (χ3n) is 3.89. The van der Waals surface area contributed by atoms with Crippen LogP contribution in [0.2, 0.25) is 0 Å². The Morgan fingerprint density at radius 1 is 1.04 bits per heavy atom. The Balaban J connectivity index is 1.49. The number of sulfonamides is 1. The lowest BCUT2D eigenvalue weighted by molar-refractivity contribution is 0.330. The smallest absolute Gasteiger partial charge is 0.225 e. The molecule has 3 rings (SSSR count). The number of nitrogens with zero attached hydrogens (tertiary/aromatic N) is 4. The Bertz CT molecular complexity index is 779. The van der Waals surface area contributed by atoms with Gasteiger partial charge in [0.25, 0.3) is 0 Å². The molecule has 0 radical (unpaired) electrons. The predicted molar refractivity (Wildman–Crippen MR) is 91.5 cm³/mol. The zero-order valence-corrected chi connectivity index (χ0v) is 14.4. The lowest BCUT2D eigenvalue weighted by Gasteiger charge is -2.33. The van der Waals surface area contributed by atoms with E-state index in [2.05, 4.69) is 9.97 Å². The molecule has 1 fully saturated rings. The van der Waals surface area contributed by atoms with Crippen molar-refractivity contribution in [2.24, 2.45) is 0 Å². The Labute approximate surface area is 146 Å². The Morgan fingerprint density at radius 2 is 1.68 bits per heavy atom. The molecule has 0 saturated carbocycles. The van der Waals surface area contributed by atoms with E-state index in [0.717, 1.165) is 0 Å². The van der Waals surface area contributed by atoms with Crippen LogP contribution in [0, 0.1) is 5.82 Å². The first-order chi connectivity index (χ1) is 12.0. The summed E-state index contributed by atoms with van der Waals surface area (Å²) < 4.78 is 44.5. The van der Waals surface area contributed by atoms with Crippen LogP contribution in [0.5, 0.6) is 5.75 Å². The van der Waals surface area contributed by atoms with Crippen molar-refractivity contribution in [1.82, 2.24) is 14.3 Å². The molecule has 25 heavy (non-hydrogen) atoms. The van der Waals surface area contributed by atoms with Gasteiger partial charge in [0.1, 0.15) is 18.2 Å². The number of benzene rings is 1. The number of hydrogen-bond acceptors (Lipinski definition) is 6. The minimum Gasteiger partial charge on any atom is -0.492 e. The quantitative estimate of drug-likeness (QED) is 0.763. The summed E-state index contributed by atoms with van der Waals surface area (Å²) in [4.78, 5) is 10.3. The molecule has 1 aromatic carbocycles. The molecule has 0 spiro atoms. The van der Waals surface area contributed by atoms with E-state index in [4.69, 9.17) is 4.74 Å². The second-order valence-corrected chi connectivity index (χ2v) is 7.64. The number of aromatic nitrogens is 2. The summed E-state index contributed by atoms with van der Waals surface area (Å²) in [6.07, 6.45) is 3.33. The largest absolute Gasteiger partial charge is 0.492 e. The van der Waals surface area contributed by atoms with Crippen LogP contribution in [-0.2, 0) is 10.0 Å². The van der Waals surface area contributed by atoms with Gasteiger partial charge >= 0.3 is 0 Å². The summed E-state index contributed by atoms with van der Waals surface area (Å²) in [6.45, 7) is 1.88. The van der Waals surface area contributed by atoms with E-state index in [-0.39, 0.29) is 18.2 Å². The summed E-state index contributed by atoms with van der Waals surface area (Å²) in [5.74, 6) is 0.578. The summed E-state index contributed by atoms with van der Waals surface area (Å²) in [5, 5.41) is 0. The van der Waals surface area contributed by atoms with Crippen LogP contribution < -0.4 is 9.64 Å². The van der Waals surface area contributed by atoms with E-state index >= 15 is 0 Å². The molecule has 2 aromatic rings. The van der Waals surface area contributed by atoms with E-state index in [1.807, 2.05) is 4.90 Å². The molecule has 0 atom stereocenters. The fourth-order valence-corrected chi connectivity index (χ4v) is 3.82. The van der Waals surface area contributed by atoms with Crippen molar-refractivity contribution in [3.8, 4) is 5.75 Å². The van der Waals surface area contributed by atoms with Gasteiger partial charge in [-0.25, -0.2) is 22.8 Å². The number of anilines is 1. The maximum Gasteiger partial charge on any atom is 0.225 e. The zero-order valence-electron chi connectivity index (χ0n) is 13.6. The SMILES string of the molecule is O=S(=O)(CCOc1ccc(F)cc1)N1CCN(c2ncccn2)CC1. The van der Waals surface area contributed by atoms with Crippen LogP contribution in [-0.4, -0.2) is 61.2 Å². The van der Waals surface area contributed by atoms with Gasteiger partial charge in [0.15, 0.2) is 0 Å². The Hall–Kier alpha value is -2.26. The minimum atomic E-state index is -3.40. The normalized spacial score (nSPS) is 16.0. The van der Waals surface area contributed by atoms with Crippen molar-refractivity contribution >= 4 is 16.0 Å². The molecule has 1 aliphatic rings. The van der Waals surface area contributed by atoms with E-state index < -0.39 is 10.0 Å². The number of hydrogen-bond donors (Lipinski definition) is 0. The van der Waals surface area contributed by atoms with Crippen molar-refractivity contribution in [2.45, 2.75) is 0 Å². The van der Waals surface area contributed by atoms with Crippen LogP contribution in [0.1, 0.15) is 0 Å². The number of rotatable bonds is 6. The number of ether oxygens (including phenoxy) is 1. The number of piperazine rings is 1. The van der Waals surface area contributed by atoms with E-state index in [0.29, 0.717) is 37.9 Å². The molecule has 1 saturated heterocycles. The Morgan fingerprint density at radius 3 is 2.32 bits per heavy atom. The highest BCUT2D eigenvalue weighted by Crippen LogP contribution is 2.14. The van der Waals surface area contributed by atoms with Gasteiger partial charge in [-0.2, -0.15) is 4.31 Å². The van der Waals surface area contributed by atoms with Crippen molar-refractivity contribution in [3.05, 3.63) is 48.5 Å². The highest BCUT2D eigenvalue weighted by molar-refractivity contribution is 7.89. The van der Waals surface area contributed by atoms with Crippen molar-refractivity contribution in [1.29, 1.82) is 0 Å². The van der Waals surface area contributed by atoms with Gasteiger partial charge in [0, 0.05) is 38.6 Å².